The van der Waals surface area contributed by atoms with Crippen molar-refractivity contribution >= 4 is 11.8 Å². The van der Waals surface area contributed by atoms with Crippen molar-refractivity contribution in [3.63, 3.8) is 0 Å². The summed E-state index contributed by atoms with van der Waals surface area (Å²) in [7, 11) is 0. The fourth-order valence-electron chi connectivity index (χ4n) is 1.66. The van der Waals surface area contributed by atoms with E-state index in [0.29, 0.717) is 0 Å². The normalized spacial score (nSPS) is 14.5. The van der Waals surface area contributed by atoms with E-state index in [-0.39, 0.29) is 12.1 Å². The number of aliphatic hydroxyl groups is 1. The van der Waals surface area contributed by atoms with Gasteiger partial charge < -0.3 is 10.8 Å². The lowest BCUT2D eigenvalue weighted by Gasteiger charge is -2.25. The third-order valence-electron chi connectivity index (χ3n) is 3.09. The van der Waals surface area contributed by atoms with Gasteiger partial charge in [0.1, 0.15) is 0 Å². The minimum atomic E-state index is -0.368. The Morgan fingerprint density at radius 3 is 2.59 bits per heavy atom. The Hall–Kier alpha value is -0.510. The highest BCUT2D eigenvalue weighted by atomic mass is 32.2. The van der Waals surface area contributed by atoms with E-state index in [9.17, 15) is 5.11 Å². The summed E-state index contributed by atoms with van der Waals surface area (Å²) in [6.45, 7) is 2.13. The van der Waals surface area contributed by atoms with Gasteiger partial charge in [-0.15, -0.1) is 0 Å². The lowest BCUT2D eigenvalue weighted by atomic mass is 9.93. The van der Waals surface area contributed by atoms with Crippen molar-refractivity contribution in [2.45, 2.75) is 37.5 Å². The van der Waals surface area contributed by atoms with Gasteiger partial charge in [0.2, 0.25) is 0 Å². The molecule has 0 aromatic heterocycles. The second kappa shape index (κ2) is 7.75. The van der Waals surface area contributed by atoms with Gasteiger partial charge in [0.05, 0.1) is 6.61 Å². The zero-order valence-electron chi connectivity index (χ0n) is 10.6. The molecule has 0 aliphatic rings. The van der Waals surface area contributed by atoms with Gasteiger partial charge in [-0.1, -0.05) is 37.3 Å². The quantitative estimate of drug-likeness (QED) is 0.700. The zero-order chi connectivity index (χ0) is 12.6. The maximum atomic E-state index is 9.19. The fraction of sp³-hybridized carbons (Fsp3) is 0.571. The molecule has 1 unspecified atom stereocenters. The van der Waals surface area contributed by atoms with Gasteiger partial charge in [0.15, 0.2) is 0 Å². The highest BCUT2D eigenvalue weighted by Gasteiger charge is 2.20. The van der Waals surface area contributed by atoms with Crippen LogP contribution < -0.4 is 5.73 Å². The maximum Gasteiger partial charge on any atom is 0.0611 e. The van der Waals surface area contributed by atoms with E-state index >= 15 is 0 Å². The second-order valence-electron chi connectivity index (χ2n) is 4.52. The highest BCUT2D eigenvalue weighted by Crippen LogP contribution is 2.18. The molecule has 0 amide bonds. The predicted molar refractivity (Wildman–Crippen MR) is 76.1 cm³/mol. The number of rotatable bonds is 8. The van der Waals surface area contributed by atoms with E-state index in [1.54, 1.807) is 0 Å². The first-order valence-electron chi connectivity index (χ1n) is 6.21. The topological polar surface area (TPSA) is 46.2 Å². The Labute approximate surface area is 109 Å². The van der Waals surface area contributed by atoms with Gasteiger partial charge in [-0.25, -0.2) is 0 Å². The largest absolute Gasteiger partial charge is 0.394 e. The van der Waals surface area contributed by atoms with Crippen LogP contribution in [0.4, 0.5) is 0 Å². The van der Waals surface area contributed by atoms with Crippen LogP contribution >= 0.6 is 11.8 Å². The smallest absolute Gasteiger partial charge is 0.0611 e. The molecule has 0 radical (unpaired) electrons. The van der Waals surface area contributed by atoms with Crippen LogP contribution in [0.15, 0.2) is 30.3 Å². The highest BCUT2D eigenvalue weighted by molar-refractivity contribution is 7.98. The van der Waals surface area contributed by atoms with Crippen molar-refractivity contribution in [3.05, 3.63) is 35.9 Å². The van der Waals surface area contributed by atoms with Crippen LogP contribution in [0.5, 0.6) is 0 Å². The van der Waals surface area contributed by atoms with Gasteiger partial charge in [-0.3, -0.25) is 0 Å². The molecule has 2 nitrogen and oxygen atoms in total. The number of benzene rings is 1. The average molecular weight is 253 g/mol. The van der Waals surface area contributed by atoms with Crippen LogP contribution in [-0.4, -0.2) is 23.0 Å². The number of aliphatic hydroxyl groups excluding tert-OH is 1. The molecule has 1 aromatic carbocycles. The summed E-state index contributed by atoms with van der Waals surface area (Å²) >= 11 is 1.93. The van der Waals surface area contributed by atoms with Crippen molar-refractivity contribution < 1.29 is 5.11 Å². The molecule has 96 valence electrons. The lowest BCUT2D eigenvalue weighted by Crippen LogP contribution is -2.42. The first kappa shape index (κ1) is 14.6. The first-order chi connectivity index (χ1) is 8.20. The number of thioether (sulfide) groups is 1. The molecule has 0 aliphatic carbocycles. The number of nitrogens with two attached hydrogens (primary N) is 1. The van der Waals surface area contributed by atoms with Crippen LogP contribution in [-0.2, 0) is 5.75 Å². The van der Waals surface area contributed by atoms with Crippen molar-refractivity contribution in [3.8, 4) is 0 Å². The summed E-state index contributed by atoms with van der Waals surface area (Å²) in [5, 5.41) is 9.19. The molecule has 1 atom stereocenters. The van der Waals surface area contributed by atoms with Crippen LogP contribution in [0, 0.1) is 0 Å². The Balaban J connectivity index is 2.13. The summed E-state index contributed by atoms with van der Waals surface area (Å²) in [5.41, 5.74) is 7.03. The monoisotopic (exact) mass is 253 g/mol. The Morgan fingerprint density at radius 1 is 1.29 bits per heavy atom. The standard InChI is InChI=1S/C14H23NOS/c1-2-14(15,12-16)9-6-10-17-11-13-7-4-3-5-8-13/h3-5,7-8,16H,2,6,9-12,15H2,1H3. The Bertz CT molecular complexity index is 298. The molecule has 1 rings (SSSR count). The van der Waals surface area contributed by atoms with Gasteiger partial charge in [-0.05, 0) is 30.6 Å². The third kappa shape index (κ3) is 5.57. The van der Waals surface area contributed by atoms with Gasteiger partial charge in [0.25, 0.3) is 0 Å². The second-order valence-corrected chi connectivity index (χ2v) is 5.62. The zero-order valence-corrected chi connectivity index (χ0v) is 11.4. The molecule has 0 saturated carbocycles. The minimum absolute atomic E-state index is 0.0901. The number of hydrogen-bond donors (Lipinski definition) is 2. The van der Waals surface area contributed by atoms with Crippen molar-refractivity contribution in [1.29, 1.82) is 0 Å². The van der Waals surface area contributed by atoms with E-state index in [4.69, 9.17) is 5.73 Å². The molecule has 0 aliphatic heterocycles. The number of hydrogen-bond acceptors (Lipinski definition) is 3. The minimum Gasteiger partial charge on any atom is -0.394 e. The lowest BCUT2D eigenvalue weighted by molar-refractivity contribution is 0.182. The Morgan fingerprint density at radius 2 is 2.00 bits per heavy atom. The van der Waals surface area contributed by atoms with Crippen molar-refractivity contribution in [2.75, 3.05) is 12.4 Å². The van der Waals surface area contributed by atoms with Gasteiger partial charge in [0, 0.05) is 11.3 Å². The average Bonchev–Trinajstić information content (AvgIpc) is 2.39. The molecule has 0 heterocycles. The van der Waals surface area contributed by atoms with Crippen LogP contribution in [0.1, 0.15) is 31.7 Å². The molecule has 3 N–H and O–H groups in total. The van der Waals surface area contributed by atoms with Gasteiger partial charge >= 0.3 is 0 Å². The summed E-state index contributed by atoms with van der Waals surface area (Å²) < 4.78 is 0. The first-order valence-corrected chi connectivity index (χ1v) is 7.37. The SMILES string of the molecule is CCC(N)(CO)CCCSCc1ccccc1. The van der Waals surface area contributed by atoms with Crippen LogP contribution in [0.25, 0.3) is 0 Å². The summed E-state index contributed by atoms with van der Waals surface area (Å²) in [6.07, 6.45) is 2.82. The molecule has 17 heavy (non-hydrogen) atoms. The van der Waals surface area contributed by atoms with Crippen LogP contribution in [0.2, 0.25) is 0 Å². The van der Waals surface area contributed by atoms with E-state index in [1.165, 1.54) is 5.56 Å². The summed E-state index contributed by atoms with van der Waals surface area (Å²) in [5.74, 6) is 2.16. The Kier molecular flexibility index (Phi) is 6.63. The van der Waals surface area contributed by atoms with E-state index in [0.717, 1.165) is 30.8 Å². The molecule has 0 spiro atoms. The molecule has 0 fully saturated rings. The molecule has 3 heteroatoms. The summed E-state index contributed by atoms with van der Waals surface area (Å²) in [4.78, 5) is 0. The van der Waals surface area contributed by atoms with E-state index < -0.39 is 0 Å². The predicted octanol–water partition coefficient (Wildman–Crippen LogP) is 2.80. The third-order valence-corrected chi connectivity index (χ3v) is 4.21. The van der Waals surface area contributed by atoms with Crippen molar-refractivity contribution in [1.82, 2.24) is 0 Å². The van der Waals surface area contributed by atoms with E-state index in [1.807, 2.05) is 24.8 Å². The molecular formula is C14H23NOS. The van der Waals surface area contributed by atoms with Crippen LogP contribution in [0.3, 0.4) is 0 Å². The van der Waals surface area contributed by atoms with E-state index in [2.05, 4.69) is 24.3 Å². The van der Waals surface area contributed by atoms with Crippen molar-refractivity contribution in [2.24, 2.45) is 5.73 Å². The fourth-order valence-corrected chi connectivity index (χ4v) is 2.58. The molecular weight excluding hydrogens is 230 g/mol. The summed E-state index contributed by atoms with van der Waals surface area (Å²) in [6, 6.07) is 10.5. The molecule has 1 aromatic rings. The van der Waals surface area contributed by atoms with Gasteiger partial charge in [-0.2, -0.15) is 11.8 Å². The maximum absolute atomic E-state index is 9.19. The molecule has 0 saturated heterocycles. The molecule has 0 bridgehead atoms.